The molecule has 1 aromatic rings. The Kier molecular flexibility index (Phi) is 8.54. The molecule has 0 bridgehead atoms. The molecule has 8 nitrogen and oxygen atoms in total. The Labute approximate surface area is 149 Å². The zero-order valence-corrected chi connectivity index (χ0v) is 14.7. The van der Waals surface area contributed by atoms with Gasteiger partial charge in [-0.3, -0.25) is 20.4 Å². The molecule has 0 unspecified atom stereocenters. The number of hydrogen-bond acceptors (Lipinski definition) is 5. The normalized spacial score (nSPS) is 12.6. The van der Waals surface area contributed by atoms with Crippen molar-refractivity contribution in [3.63, 3.8) is 0 Å². The SMILES string of the molecule is CSCC[C@H](NC(N)=O)C(=O)NNC(=O)[C@@H](C)Oc1ccccc1F. The number of hydrogen-bond donors (Lipinski definition) is 4. The maximum atomic E-state index is 13.5. The van der Waals surface area contributed by atoms with Gasteiger partial charge in [0.05, 0.1) is 0 Å². The highest BCUT2D eigenvalue weighted by Gasteiger charge is 2.22. The predicted molar refractivity (Wildman–Crippen MR) is 92.3 cm³/mol. The second kappa shape index (κ2) is 10.4. The smallest absolute Gasteiger partial charge is 0.312 e. The number of primary amides is 1. The first-order valence-corrected chi connectivity index (χ1v) is 8.80. The zero-order chi connectivity index (χ0) is 18.8. The Balaban J connectivity index is 2.53. The van der Waals surface area contributed by atoms with E-state index in [1.54, 1.807) is 6.07 Å². The lowest BCUT2D eigenvalue weighted by Gasteiger charge is -2.19. The summed E-state index contributed by atoms with van der Waals surface area (Å²) in [6, 6.07) is 3.92. The van der Waals surface area contributed by atoms with E-state index in [1.165, 1.54) is 36.9 Å². The third kappa shape index (κ3) is 7.29. The Morgan fingerprint density at radius 1 is 1.24 bits per heavy atom. The molecule has 1 aromatic carbocycles. The first-order chi connectivity index (χ1) is 11.8. The van der Waals surface area contributed by atoms with Crippen molar-refractivity contribution in [1.82, 2.24) is 16.2 Å². The molecule has 1 rings (SSSR count). The number of amides is 4. The topological polar surface area (TPSA) is 123 Å². The van der Waals surface area contributed by atoms with Gasteiger partial charge in [0.1, 0.15) is 6.04 Å². The highest BCUT2D eigenvalue weighted by Crippen LogP contribution is 2.16. The Morgan fingerprint density at radius 3 is 2.48 bits per heavy atom. The van der Waals surface area contributed by atoms with Crippen molar-refractivity contribution < 1.29 is 23.5 Å². The van der Waals surface area contributed by atoms with Crippen molar-refractivity contribution in [3.05, 3.63) is 30.1 Å². The number of hydrazine groups is 1. The van der Waals surface area contributed by atoms with Crippen LogP contribution >= 0.6 is 11.8 Å². The summed E-state index contributed by atoms with van der Waals surface area (Å²) in [5.74, 6) is -1.38. The predicted octanol–water partition coefficient (Wildman–Crippen LogP) is 0.530. The average molecular weight is 372 g/mol. The molecule has 5 N–H and O–H groups in total. The minimum absolute atomic E-state index is 0.0790. The van der Waals surface area contributed by atoms with Crippen molar-refractivity contribution in [2.75, 3.05) is 12.0 Å². The van der Waals surface area contributed by atoms with Crippen molar-refractivity contribution in [3.8, 4) is 5.75 Å². The van der Waals surface area contributed by atoms with Gasteiger partial charge < -0.3 is 15.8 Å². The lowest BCUT2D eigenvalue weighted by molar-refractivity contribution is -0.133. The molecule has 0 saturated heterocycles. The van der Waals surface area contributed by atoms with Gasteiger partial charge in [-0.25, -0.2) is 9.18 Å². The van der Waals surface area contributed by atoms with Crippen LogP contribution in [0.3, 0.4) is 0 Å². The summed E-state index contributed by atoms with van der Waals surface area (Å²) in [5, 5.41) is 2.30. The molecule has 138 valence electrons. The first-order valence-electron chi connectivity index (χ1n) is 7.41. The van der Waals surface area contributed by atoms with Gasteiger partial charge in [-0.2, -0.15) is 11.8 Å². The number of ether oxygens (including phenoxy) is 1. The van der Waals surface area contributed by atoms with Gasteiger partial charge in [0, 0.05) is 0 Å². The van der Waals surface area contributed by atoms with Crippen LogP contribution in [0.4, 0.5) is 9.18 Å². The first kappa shape index (κ1) is 20.6. The van der Waals surface area contributed by atoms with E-state index in [2.05, 4.69) is 16.2 Å². The van der Waals surface area contributed by atoms with Gasteiger partial charge in [-0.15, -0.1) is 0 Å². The number of halogens is 1. The van der Waals surface area contributed by atoms with E-state index in [-0.39, 0.29) is 5.75 Å². The molecule has 0 aliphatic rings. The summed E-state index contributed by atoms with van der Waals surface area (Å²) in [7, 11) is 0. The summed E-state index contributed by atoms with van der Waals surface area (Å²) >= 11 is 1.49. The van der Waals surface area contributed by atoms with Crippen LogP contribution < -0.4 is 26.6 Å². The van der Waals surface area contributed by atoms with Gasteiger partial charge in [0.15, 0.2) is 17.7 Å². The van der Waals surface area contributed by atoms with Crippen LogP contribution in [-0.2, 0) is 9.59 Å². The molecule has 4 amide bonds. The van der Waals surface area contributed by atoms with Gasteiger partial charge >= 0.3 is 6.03 Å². The number of nitrogens with one attached hydrogen (secondary N) is 3. The van der Waals surface area contributed by atoms with Crippen LogP contribution in [0, 0.1) is 5.82 Å². The monoisotopic (exact) mass is 372 g/mol. The summed E-state index contributed by atoms with van der Waals surface area (Å²) in [6.07, 6.45) is 1.14. The van der Waals surface area contributed by atoms with Gasteiger partial charge in [0.25, 0.3) is 11.8 Å². The average Bonchev–Trinajstić information content (AvgIpc) is 2.57. The molecule has 0 spiro atoms. The van der Waals surface area contributed by atoms with E-state index >= 15 is 0 Å². The number of rotatable bonds is 8. The van der Waals surface area contributed by atoms with Gasteiger partial charge in [-0.05, 0) is 37.5 Å². The minimum Gasteiger partial charge on any atom is -0.478 e. The lowest BCUT2D eigenvalue weighted by Crippen LogP contribution is -2.55. The fourth-order valence-electron chi connectivity index (χ4n) is 1.77. The third-order valence-electron chi connectivity index (χ3n) is 3.06. The molecule has 0 radical (unpaired) electrons. The Bertz CT molecular complexity index is 617. The van der Waals surface area contributed by atoms with Crippen LogP contribution in [0.15, 0.2) is 24.3 Å². The number of carbonyl (C=O) groups is 3. The zero-order valence-electron chi connectivity index (χ0n) is 13.9. The van der Waals surface area contributed by atoms with Gasteiger partial charge in [-0.1, -0.05) is 12.1 Å². The quantitative estimate of drug-likeness (QED) is 0.496. The summed E-state index contributed by atoms with van der Waals surface area (Å²) in [5.41, 5.74) is 9.38. The number of benzene rings is 1. The molecule has 0 heterocycles. The summed E-state index contributed by atoms with van der Waals surface area (Å²) < 4.78 is 18.7. The molecule has 0 aliphatic carbocycles. The Hall–Kier alpha value is -2.49. The highest BCUT2D eigenvalue weighted by atomic mass is 32.2. The van der Waals surface area contributed by atoms with Crippen LogP contribution in [0.5, 0.6) is 5.75 Å². The lowest BCUT2D eigenvalue weighted by atomic mass is 10.2. The van der Waals surface area contributed by atoms with E-state index in [0.29, 0.717) is 12.2 Å². The summed E-state index contributed by atoms with van der Waals surface area (Å²) in [6.45, 7) is 1.40. The van der Waals surface area contributed by atoms with Crippen molar-refractivity contribution >= 4 is 29.6 Å². The van der Waals surface area contributed by atoms with E-state index in [9.17, 15) is 18.8 Å². The fraction of sp³-hybridized carbons (Fsp3) is 0.400. The maximum absolute atomic E-state index is 13.5. The molecular weight excluding hydrogens is 351 g/mol. The van der Waals surface area contributed by atoms with E-state index in [1.807, 2.05) is 6.26 Å². The largest absolute Gasteiger partial charge is 0.478 e. The third-order valence-corrected chi connectivity index (χ3v) is 3.71. The molecule has 0 saturated carbocycles. The molecular formula is C15H21FN4O4S. The fourth-order valence-corrected chi connectivity index (χ4v) is 2.24. The van der Waals surface area contributed by atoms with E-state index < -0.39 is 35.8 Å². The minimum atomic E-state index is -1.05. The number of urea groups is 1. The van der Waals surface area contributed by atoms with Crippen LogP contribution in [0.2, 0.25) is 0 Å². The number of para-hydroxylation sites is 1. The molecule has 0 fully saturated rings. The molecule has 25 heavy (non-hydrogen) atoms. The van der Waals surface area contributed by atoms with Crippen molar-refractivity contribution in [2.24, 2.45) is 5.73 Å². The van der Waals surface area contributed by atoms with Crippen molar-refractivity contribution in [2.45, 2.75) is 25.5 Å². The number of carbonyl (C=O) groups excluding carboxylic acids is 3. The summed E-state index contributed by atoms with van der Waals surface area (Å²) in [4.78, 5) is 34.9. The van der Waals surface area contributed by atoms with Crippen LogP contribution in [0.1, 0.15) is 13.3 Å². The molecule has 0 aromatic heterocycles. The highest BCUT2D eigenvalue weighted by molar-refractivity contribution is 7.98. The number of nitrogens with two attached hydrogens (primary N) is 1. The van der Waals surface area contributed by atoms with Gasteiger partial charge in [0.2, 0.25) is 0 Å². The van der Waals surface area contributed by atoms with Crippen LogP contribution in [-0.4, -0.2) is 42.0 Å². The van der Waals surface area contributed by atoms with E-state index in [4.69, 9.17) is 10.5 Å². The second-order valence-corrected chi connectivity index (χ2v) is 6.00. The standard InChI is InChI=1S/C15H21FN4O4S/c1-9(24-12-6-4-3-5-10(12)16)13(21)19-20-14(22)11(7-8-25-2)18-15(17)23/h3-6,9,11H,7-8H2,1-2H3,(H,19,21)(H,20,22)(H3,17,18,23)/t9-,11+/m1/s1. The van der Waals surface area contributed by atoms with E-state index in [0.717, 1.165) is 0 Å². The van der Waals surface area contributed by atoms with Crippen molar-refractivity contribution in [1.29, 1.82) is 0 Å². The number of thioether (sulfide) groups is 1. The van der Waals surface area contributed by atoms with Crippen LogP contribution in [0.25, 0.3) is 0 Å². The molecule has 10 heteroatoms. The Morgan fingerprint density at radius 2 is 1.88 bits per heavy atom. The molecule has 0 aliphatic heterocycles. The molecule has 2 atom stereocenters. The second-order valence-electron chi connectivity index (χ2n) is 5.01. The maximum Gasteiger partial charge on any atom is 0.312 e.